The fourth-order valence-corrected chi connectivity index (χ4v) is 2.87. The zero-order chi connectivity index (χ0) is 14.6. The van der Waals surface area contributed by atoms with Gasteiger partial charge in [-0.15, -0.1) is 0 Å². The van der Waals surface area contributed by atoms with Crippen molar-refractivity contribution in [3.05, 3.63) is 65.2 Å². The molecular weight excluding hydrogens is 272 g/mol. The molecule has 4 heteroatoms. The molecule has 0 saturated heterocycles. The highest BCUT2D eigenvalue weighted by Gasteiger charge is 2.13. The Morgan fingerprint density at radius 2 is 1.60 bits per heavy atom. The van der Waals surface area contributed by atoms with Gasteiger partial charge in [-0.25, -0.2) is 0 Å². The molecular formula is C16H18O3S. The predicted molar refractivity (Wildman–Crippen MR) is 80.5 cm³/mol. The highest BCUT2D eigenvalue weighted by molar-refractivity contribution is 7.87. The predicted octanol–water partition coefficient (Wildman–Crippen LogP) is 3.25. The van der Waals surface area contributed by atoms with Crippen molar-refractivity contribution < 1.29 is 12.6 Å². The first-order valence-electron chi connectivity index (χ1n) is 6.50. The summed E-state index contributed by atoms with van der Waals surface area (Å²) in [5, 5.41) is 0. The van der Waals surface area contributed by atoms with Crippen molar-refractivity contribution in [2.45, 2.75) is 20.3 Å². The lowest BCUT2D eigenvalue weighted by molar-refractivity contribution is 0.485. The first-order chi connectivity index (χ1) is 9.46. The van der Waals surface area contributed by atoms with Gasteiger partial charge in [-0.1, -0.05) is 42.0 Å². The Labute approximate surface area is 120 Å². The van der Waals surface area contributed by atoms with Crippen molar-refractivity contribution in [1.29, 1.82) is 0 Å². The van der Waals surface area contributed by atoms with Gasteiger partial charge in [0.2, 0.25) is 0 Å². The lowest BCUT2D eigenvalue weighted by Crippen LogP contribution is -2.15. The molecule has 0 amide bonds. The van der Waals surface area contributed by atoms with Crippen molar-refractivity contribution in [2.24, 2.45) is 0 Å². The summed E-state index contributed by atoms with van der Waals surface area (Å²) in [5.41, 5.74) is 3.19. The summed E-state index contributed by atoms with van der Waals surface area (Å²) in [6.07, 6.45) is 0.459. The monoisotopic (exact) mass is 290 g/mol. The molecule has 0 atom stereocenters. The molecule has 0 aliphatic heterocycles. The van der Waals surface area contributed by atoms with E-state index in [1.54, 1.807) is 12.1 Å². The van der Waals surface area contributed by atoms with Crippen LogP contribution in [0.3, 0.4) is 0 Å². The third-order valence-electron chi connectivity index (χ3n) is 3.13. The van der Waals surface area contributed by atoms with E-state index >= 15 is 0 Å². The van der Waals surface area contributed by atoms with Gasteiger partial charge in [-0.3, -0.25) is 0 Å². The topological polar surface area (TPSA) is 43.4 Å². The van der Waals surface area contributed by atoms with E-state index in [0.29, 0.717) is 12.2 Å². The summed E-state index contributed by atoms with van der Waals surface area (Å²) in [6, 6.07) is 14.8. The molecule has 0 bridgehead atoms. The number of hydrogen-bond acceptors (Lipinski definition) is 3. The van der Waals surface area contributed by atoms with Crippen LogP contribution in [-0.2, 0) is 16.5 Å². The van der Waals surface area contributed by atoms with Crippen LogP contribution in [0, 0.1) is 13.8 Å². The Hall–Kier alpha value is -1.81. The van der Waals surface area contributed by atoms with Crippen LogP contribution in [0.5, 0.6) is 5.75 Å². The molecule has 0 N–H and O–H groups in total. The Balaban J connectivity index is 2.01. The fourth-order valence-electron chi connectivity index (χ4n) is 1.91. The van der Waals surface area contributed by atoms with Crippen LogP contribution in [0.15, 0.2) is 48.5 Å². The molecule has 0 aliphatic rings. The van der Waals surface area contributed by atoms with Crippen molar-refractivity contribution >= 4 is 10.1 Å². The zero-order valence-corrected chi connectivity index (χ0v) is 12.5. The molecule has 0 aromatic heterocycles. The van der Waals surface area contributed by atoms with Crippen molar-refractivity contribution in [1.82, 2.24) is 0 Å². The van der Waals surface area contributed by atoms with Crippen LogP contribution >= 0.6 is 0 Å². The van der Waals surface area contributed by atoms with E-state index in [9.17, 15) is 8.42 Å². The highest BCUT2D eigenvalue weighted by Crippen LogP contribution is 2.15. The third kappa shape index (κ3) is 4.10. The molecule has 0 saturated carbocycles. The van der Waals surface area contributed by atoms with Gasteiger partial charge in [0.15, 0.2) is 0 Å². The van der Waals surface area contributed by atoms with Gasteiger partial charge < -0.3 is 4.18 Å². The molecule has 0 heterocycles. The Morgan fingerprint density at radius 1 is 0.950 bits per heavy atom. The molecule has 20 heavy (non-hydrogen) atoms. The van der Waals surface area contributed by atoms with Gasteiger partial charge in [-0.05, 0) is 43.5 Å². The van der Waals surface area contributed by atoms with Crippen LogP contribution in [0.2, 0.25) is 0 Å². The number of hydrogen-bond donors (Lipinski definition) is 0. The van der Waals surface area contributed by atoms with E-state index in [1.807, 2.05) is 50.2 Å². The van der Waals surface area contributed by atoms with Crippen LogP contribution in [-0.4, -0.2) is 14.2 Å². The summed E-state index contributed by atoms with van der Waals surface area (Å²) in [4.78, 5) is 0. The minimum Gasteiger partial charge on any atom is -0.382 e. The first kappa shape index (κ1) is 14.6. The average molecular weight is 290 g/mol. The SMILES string of the molecule is Cc1ccc(OS(=O)(=O)CCc2ccccc2C)cc1. The molecule has 106 valence electrons. The molecule has 0 fully saturated rings. The van der Waals surface area contributed by atoms with Gasteiger partial charge >= 0.3 is 10.1 Å². The maximum absolute atomic E-state index is 11.9. The van der Waals surface area contributed by atoms with E-state index < -0.39 is 10.1 Å². The van der Waals surface area contributed by atoms with Crippen molar-refractivity contribution in [3.63, 3.8) is 0 Å². The van der Waals surface area contributed by atoms with E-state index in [2.05, 4.69) is 0 Å². The second-order valence-corrected chi connectivity index (χ2v) is 6.52. The van der Waals surface area contributed by atoms with E-state index in [4.69, 9.17) is 4.18 Å². The molecule has 3 nitrogen and oxygen atoms in total. The number of benzene rings is 2. The molecule has 0 spiro atoms. The zero-order valence-electron chi connectivity index (χ0n) is 11.7. The lowest BCUT2D eigenvalue weighted by Gasteiger charge is -2.08. The summed E-state index contributed by atoms with van der Waals surface area (Å²) < 4.78 is 29.0. The normalized spacial score (nSPS) is 11.3. The minimum absolute atomic E-state index is 0.0221. The molecule has 2 aromatic carbocycles. The van der Waals surface area contributed by atoms with Gasteiger partial charge in [0.25, 0.3) is 0 Å². The standard InChI is InChI=1S/C16H18O3S/c1-13-7-9-16(10-8-13)19-20(17,18)12-11-15-6-4-3-5-14(15)2/h3-10H,11-12H2,1-2H3. The van der Waals surface area contributed by atoms with Gasteiger partial charge in [0.1, 0.15) is 5.75 Å². The number of aryl methyl sites for hydroxylation is 3. The summed E-state index contributed by atoms with van der Waals surface area (Å²) in [6.45, 7) is 3.92. The second kappa shape index (κ2) is 6.09. The summed E-state index contributed by atoms with van der Waals surface area (Å²) >= 11 is 0. The van der Waals surface area contributed by atoms with E-state index in [0.717, 1.165) is 16.7 Å². The van der Waals surface area contributed by atoms with Gasteiger partial charge in [0, 0.05) is 0 Å². The average Bonchev–Trinajstić information content (AvgIpc) is 2.40. The van der Waals surface area contributed by atoms with Crippen LogP contribution in [0.25, 0.3) is 0 Å². The molecule has 2 rings (SSSR count). The van der Waals surface area contributed by atoms with Gasteiger partial charge in [0.05, 0.1) is 5.75 Å². The first-order valence-corrected chi connectivity index (χ1v) is 8.07. The quantitative estimate of drug-likeness (QED) is 0.794. The Kier molecular flexibility index (Phi) is 4.45. The Morgan fingerprint density at radius 3 is 2.25 bits per heavy atom. The van der Waals surface area contributed by atoms with Crippen molar-refractivity contribution in [2.75, 3.05) is 5.75 Å². The summed E-state index contributed by atoms with van der Waals surface area (Å²) in [7, 11) is -3.56. The van der Waals surface area contributed by atoms with Crippen LogP contribution < -0.4 is 4.18 Å². The second-order valence-electron chi connectivity index (χ2n) is 4.83. The lowest BCUT2D eigenvalue weighted by atomic mass is 10.1. The van der Waals surface area contributed by atoms with Crippen LogP contribution in [0.1, 0.15) is 16.7 Å². The van der Waals surface area contributed by atoms with Crippen molar-refractivity contribution in [3.8, 4) is 5.75 Å². The van der Waals surface area contributed by atoms with Gasteiger partial charge in [-0.2, -0.15) is 8.42 Å². The fraction of sp³-hybridized carbons (Fsp3) is 0.250. The van der Waals surface area contributed by atoms with E-state index in [1.165, 1.54) is 0 Å². The molecule has 0 unspecified atom stereocenters. The highest BCUT2D eigenvalue weighted by atomic mass is 32.2. The maximum Gasteiger partial charge on any atom is 0.309 e. The maximum atomic E-state index is 11.9. The largest absolute Gasteiger partial charge is 0.382 e. The molecule has 0 aliphatic carbocycles. The number of rotatable bonds is 5. The smallest absolute Gasteiger partial charge is 0.309 e. The summed E-state index contributed by atoms with van der Waals surface area (Å²) in [5.74, 6) is 0.339. The molecule has 0 radical (unpaired) electrons. The third-order valence-corrected chi connectivity index (χ3v) is 4.28. The minimum atomic E-state index is -3.56. The Bertz CT molecular complexity index is 673. The van der Waals surface area contributed by atoms with Crippen LogP contribution in [0.4, 0.5) is 0 Å². The van der Waals surface area contributed by atoms with E-state index in [-0.39, 0.29) is 5.75 Å². The molecule has 2 aromatic rings.